The van der Waals surface area contributed by atoms with E-state index >= 15 is 0 Å². The Bertz CT molecular complexity index is 1320. The summed E-state index contributed by atoms with van der Waals surface area (Å²) in [5, 5.41) is 0.200. The van der Waals surface area contributed by atoms with Crippen LogP contribution in [0.25, 0.3) is 6.08 Å². The van der Waals surface area contributed by atoms with Crippen molar-refractivity contribution in [3.05, 3.63) is 94.4 Å². The maximum atomic E-state index is 12.7. The molecule has 0 saturated carbocycles. The molecule has 2 amide bonds. The van der Waals surface area contributed by atoms with Gasteiger partial charge in [0.05, 0.1) is 11.4 Å². The van der Waals surface area contributed by atoms with Crippen LogP contribution in [0.2, 0.25) is 5.02 Å². The van der Waals surface area contributed by atoms with Crippen molar-refractivity contribution in [1.29, 1.82) is 0 Å². The molecule has 0 spiro atoms. The summed E-state index contributed by atoms with van der Waals surface area (Å²) in [5.41, 5.74) is 0.618. The molecule has 1 aliphatic rings. The van der Waals surface area contributed by atoms with Crippen molar-refractivity contribution >= 4 is 50.7 Å². The highest BCUT2D eigenvalue weighted by atomic mass is 35.5. The molecular weight excluding hydrogens is 498 g/mol. The summed E-state index contributed by atoms with van der Waals surface area (Å²) in [7, 11) is -3.95. The lowest BCUT2D eigenvalue weighted by Gasteiger charge is -2.13. The number of nitrogens with zero attached hydrogens (tertiary/aromatic N) is 1. The van der Waals surface area contributed by atoms with Gasteiger partial charge < -0.3 is 8.92 Å². The lowest BCUT2D eigenvalue weighted by atomic mass is 10.2. The first-order chi connectivity index (χ1) is 16.3. The van der Waals surface area contributed by atoms with Crippen molar-refractivity contribution in [1.82, 2.24) is 4.90 Å². The number of carbonyl (C=O) groups is 2. The third kappa shape index (κ3) is 5.80. The third-order valence-corrected chi connectivity index (χ3v) is 7.11. The molecule has 0 aromatic heterocycles. The van der Waals surface area contributed by atoms with Crippen LogP contribution in [-0.2, 0) is 14.9 Å². The number of halogens is 1. The maximum Gasteiger partial charge on any atom is 0.339 e. The second kappa shape index (κ2) is 10.3. The lowest BCUT2D eigenvalue weighted by molar-refractivity contribution is -0.123. The average molecular weight is 516 g/mol. The van der Waals surface area contributed by atoms with Gasteiger partial charge in [-0.3, -0.25) is 14.5 Å². The van der Waals surface area contributed by atoms with Crippen LogP contribution in [-0.4, -0.2) is 37.6 Å². The van der Waals surface area contributed by atoms with Crippen LogP contribution in [0.1, 0.15) is 5.56 Å². The third-order valence-electron chi connectivity index (χ3n) is 4.69. The molecule has 174 valence electrons. The highest BCUT2D eigenvalue weighted by Crippen LogP contribution is 2.32. The molecule has 3 aromatic carbocycles. The fourth-order valence-electron chi connectivity index (χ4n) is 3.01. The van der Waals surface area contributed by atoms with Gasteiger partial charge in [-0.1, -0.05) is 41.9 Å². The van der Waals surface area contributed by atoms with Crippen molar-refractivity contribution in [2.24, 2.45) is 0 Å². The molecular formula is C24H18ClNO6S2. The van der Waals surface area contributed by atoms with Crippen LogP contribution in [0, 0.1) is 0 Å². The van der Waals surface area contributed by atoms with Gasteiger partial charge in [-0.15, -0.1) is 0 Å². The van der Waals surface area contributed by atoms with Crippen LogP contribution < -0.4 is 8.92 Å². The number of amides is 2. The van der Waals surface area contributed by atoms with E-state index in [2.05, 4.69) is 0 Å². The standard InChI is InChI=1S/C24H18ClNO6S2/c25-18-8-12-19(13-9-18)31-15-14-26-23(27)22(33-24(26)28)16-17-6-10-20(11-7-17)32-34(29,30)21-4-2-1-3-5-21/h1-13,16H,14-15H2/b22-16-. The molecule has 1 aliphatic heterocycles. The highest BCUT2D eigenvalue weighted by molar-refractivity contribution is 8.18. The van der Waals surface area contributed by atoms with Gasteiger partial charge in [-0.05, 0) is 71.9 Å². The van der Waals surface area contributed by atoms with Gasteiger partial charge in [0.15, 0.2) is 0 Å². The zero-order valence-corrected chi connectivity index (χ0v) is 20.0. The number of imide groups is 1. The molecule has 3 aromatic rings. The largest absolute Gasteiger partial charge is 0.492 e. The molecule has 7 nitrogen and oxygen atoms in total. The molecule has 1 fully saturated rings. The van der Waals surface area contributed by atoms with Gasteiger partial charge in [0, 0.05) is 5.02 Å². The number of hydrogen-bond donors (Lipinski definition) is 0. The molecule has 0 radical (unpaired) electrons. The number of carbonyl (C=O) groups excluding carboxylic acids is 2. The van der Waals surface area contributed by atoms with E-state index in [1.54, 1.807) is 60.7 Å². The molecule has 4 rings (SSSR count). The lowest BCUT2D eigenvalue weighted by Crippen LogP contribution is -2.32. The molecule has 1 heterocycles. The summed E-state index contributed by atoms with van der Waals surface area (Å²) < 4.78 is 35.4. The predicted molar refractivity (Wildman–Crippen MR) is 130 cm³/mol. The Hall–Kier alpha value is -3.27. The Labute approximate surface area is 206 Å². The molecule has 0 atom stereocenters. The van der Waals surface area contributed by atoms with Crippen molar-refractivity contribution in [2.75, 3.05) is 13.2 Å². The van der Waals surface area contributed by atoms with E-state index in [1.807, 2.05) is 0 Å². The fraction of sp³-hybridized carbons (Fsp3) is 0.0833. The van der Waals surface area contributed by atoms with Gasteiger partial charge in [-0.2, -0.15) is 8.42 Å². The molecule has 10 heteroatoms. The fourth-order valence-corrected chi connectivity index (χ4v) is 4.95. The number of benzene rings is 3. The zero-order chi connectivity index (χ0) is 24.1. The summed E-state index contributed by atoms with van der Waals surface area (Å²) >= 11 is 6.67. The zero-order valence-electron chi connectivity index (χ0n) is 17.6. The molecule has 0 unspecified atom stereocenters. The monoisotopic (exact) mass is 515 g/mol. The highest BCUT2D eigenvalue weighted by Gasteiger charge is 2.34. The Kier molecular flexibility index (Phi) is 7.26. The van der Waals surface area contributed by atoms with Crippen molar-refractivity contribution in [3.8, 4) is 11.5 Å². The first-order valence-corrected chi connectivity index (χ1v) is 12.7. The SMILES string of the molecule is O=C1S/C(=C\c2ccc(OS(=O)(=O)c3ccccc3)cc2)C(=O)N1CCOc1ccc(Cl)cc1. The predicted octanol–water partition coefficient (Wildman–Crippen LogP) is 5.22. The van der Waals surface area contributed by atoms with Crippen LogP contribution in [0.3, 0.4) is 0 Å². The second-order valence-corrected chi connectivity index (χ2v) is 10.0. The van der Waals surface area contributed by atoms with E-state index < -0.39 is 16.0 Å². The van der Waals surface area contributed by atoms with Gasteiger partial charge in [-0.25, -0.2) is 0 Å². The number of hydrogen-bond acceptors (Lipinski definition) is 7. The van der Waals surface area contributed by atoms with Gasteiger partial charge in [0.25, 0.3) is 11.1 Å². The normalized spacial score (nSPS) is 15.1. The van der Waals surface area contributed by atoms with E-state index in [0.717, 1.165) is 16.7 Å². The minimum atomic E-state index is -3.95. The van der Waals surface area contributed by atoms with Crippen molar-refractivity contribution in [2.45, 2.75) is 4.90 Å². The summed E-state index contributed by atoms with van der Waals surface area (Å²) in [4.78, 5) is 26.4. The number of thioether (sulfide) groups is 1. The smallest absolute Gasteiger partial charge is 0.339 e. The Morgan fingerprint density at radius 3 is 2.21 bits per heavy atom. The molecule has 0 N–H and O–H groups in total. The van der Waals surface area contributed by atoms with E-state index in [-0.39, 0.29) is 33.9 Å². The number of ether oxygens (including phenoxy) is 1. The van der Waals surface area contributed by atoms with E-state index in [4.69, 9.17) is 20.5 Å². The number of rotatable bonds is 8. The second-order valence-electron chi connectivity index (χ2n) is 7.06. The first kappa shape index (κ1) is 23.9. The topological polar surface area (TPSA) is 90.0 Å². The Morgan fingerprint density at radius 1 is 0.882 bits per heavy atom. The molecule has 0 bridgehead atoms. The summed E-state index contributed by atoms with van der Waals surface area (Å²) in [6.07, 6.45) is 1.57. The van der Waals surface area contributed by atoms with Crippen molar-refractivity contribution in [3.63, 3.8) is 0 Å². The minimum absolute atomic E-state index is 0.0489. The summed E-state index contributed by atoms with van der Waals surface area (Å²) in [5.74, 6) is 0.304. The van der Waals surface area contributed by atoms with E-state index in [0.29, 0.717) is 16.3 Å². The summed E-state index contributed by atoms with van der Waals surface area (Å²) in [6, 6.07) is 20.8. The summed E-state index contributed by atoms with van der Waals surface area (Å²) in [6.45, 7) is 0.254. The maximum absolute atomic E-state index is 12.7. The minimum Gasteiger partial charge on any atom is -0.492 e. The van der Waals surface area contributed by atoms with E-state index in [9.17, 15) is 18.0 Å². The van der Waals surface area contributed by atoms with Crippen LogP contribution in [0.15, 0.2) is 88.7 Å². The van der Waals surface area contributed by atoms with Crippen molar-refractivity contribution < 1.29 is 26.9 Å². The Morgan fingerprint density at radius 2 is 1.53 bits per heavy atom. The molecule has 1 saturated heterocycles. The quantitative estimate of drug-likeness (QED) is 0.300. The van der Waals surface area contributed by atoms with Gasteiger partial charge in [0.1, 0.15) is 23.0 Å². The van der Waals surface area contributed by atoms with Crippen LogP contribution in [0.4, 0.5) is 4.79 Å². The van der Waals surface area contributed by atoms with E-state index in [1.165, 1.54) is 24.3 Å². The average Bonchev–Trinajstić information content (AvgIpc) is 3.09. The van der Waals surface area contributed by atoms with Gasteiger partial charge >= 0.3 is 10.1 Å². The van der Waals surface area contributed by atoms with Crippen LogP contribution in [0.5, 0.6) is 11.5 Å². The van der Waals surface area contributed by atoms with Gasteiger partial charge in [0.2, 0.25) is 0 Å². The van der Waals surface area contributed by atoms with Crippen LogP contribution >= 0.6 is 23.4 Å². The molecule has 34 heavy (non-hydrogen) atoms. The Balaban J connectivity index is 1.37. The first-order valence-electron chi connectivity index (χ1n) is 10.1. The molecule has 0 aliphatic carbocycles.